The van der Waals surface area contributed by atoms with Crippen molar-refractivity contribution in [2.75, 3.05) is 18.6 Å². The van der Waals surface area contributed by atoms with Gasteiger partial charge in [0, 0.05) is 23.5 Å². The van der Waals surface area contributed by atoms with Crippen molar-refractivity contribution in [2.24, 2.45) is 0 Å². The third-order valence-corrected chi connectivity index (χ3v) is 13.0. The number of methoxy groups -OCH3 is 1. The third kappa shape index (κ3) is 7.21. The van der Waals surface area contributed by atoms with E-state index in [1.807, 2.05) is 38.1 Å². The van der Waals surface area contributed by atoms with Gasteiger partial charge in [-0.1, -0.05) is 93.0 Å². The van der Waals surface area contributed by atoms with E-state index in [2.05, 4.69) is 84.6 Å². The van der Waals surface area contributed by atoms with Crippen LogP contribution in [0.5, 0.6) is 5.75 Å². The van der Waals surface area contributed by atoms with Crippen molar-refractivity contribution in [1.29, 1.82) is 0 Å². The monoisotopic (exact) mass is 636 g/mol. The molecule has 0 saturated heterocycles. The number of amides is 2. The first kappa shape index (κ1) is 32.5. The number of carbonyl (C=O) groups excluding carboxylic acids is 1. The largest absolute Gasteiger partial charge is 0.497 e. The van der Waals surface area contributed by atoms with Crippen molar-refractivity contribution in [3.63, 3.8) is 0 Å². The summed E-state index contributed by atoms with van der Waals surface area (Å²) in [5, 5.41) is 5.55. The van der Waals surface area contributed by atoms with Crippen LogP contribution in [-0.2, 0) is 4.43 Å². The third-order valence-electron chi connectivity index (χ3n) is 7.48. The maximum atomic E-state index is 14.0. The zero-order valence-electron chi connectivity index (χ0n) is 25.3. The number of benzene rings is 3. The summed E-state index contributed by atoms with van der Waals surface area (Å²) in [4.78, 5) is 23.8. The normalized spacial score (nSPS) is 13.2. The Morgan fingerprint density at radius 2 is 1.49 bits per heavy atom. The Morgan fingerprint density at radius 3 is 1.98 bits per heavy atom. The first-order valence-corrected chi connectivity index (χ1v) is 16.8. The topological polar surface area (TPSA) is 76.6 Å². The van der Waals surface area contributed by atoms with Crippen molar-refractivity contribution < 1.29 is 14.0 Å². The van der Waals surface area contributed by atoms with Crippen LogP contribution in [0, 0.1) is 0 Å². The number of halogens is 2. The zero-order valence-corrected chi connectivity index (χ0v) is 27.9. The maximum Gasteiger partial charge on any atom is 0.322 e. The first-order valence-electron chi connectivity index (χ1n) is 14.1. The number of anilines is 1. The molecule has 2 atom stereocenters. The maximum absolute atomic E-state index is 14.0. The van der Waals surface area contributed by atoms with Gasteiger partial charge in [0.2, 0.25) is 5.28 Å². The molecule has 0 unspecified atom stereocenters. The number of ether oxygens (including phenoxy) is 1. The second kappa shape index (κ2) is 13.9. The minimum absolute atomic E-state index is 0.0375. The summed E-state index contributed by atoms with van der Waals surface area (Å²) in [5.74, 6) is 0.677. The van der Waals surface area contributed by atoms with Crippen LogP contribution < -0.4 is 25.3 Å². The van der Waals surface area contributed by atoms with E-state index in [0.717, 1.165) is 0 Å². The first-order chi connectivity index (χ1) is 20.5. The number of nitrogens with zero attached hydrogens (tertiary/aromatic N) is 3. The molecule has 0 radical (unpaired) electrons. The van der Waals surface area contributed by atoms with Crippen molar-refractivity contribution in [3.8, 4) is 5.75 Å². The number of carbonyl (C=O) groups is 1. The van der Waals surface area contributed by atoms with Crippen LogP contribution in [0.3, 0.4) is 0 Å². The SMILES string of the molecule is COc1ccc(N(C(=O)N[C@H](C)CO[Si](c2ccccc2)(c2ccccc2)C(C)(C)C)[C@H](C)c2cnc(Cl)nc2Cl)cc1. The van der Waals surface area contributed by atoms with Gasteiger partial charge in [-0.05, 0) is 65.1 Å². The lowest BCUT2D eigenvalue weighted by molar-refractivity contribution is 0.226. The molecule has 1 heterocycles. The quantitative estimate of drug-likeness (QED) is 0.115. The molecule has 1 aromatic heterocycles. The molecule has 43 heavy (non-hydrogen) atoms. The van der Waals surface area contributed by atoms with Crippen molar-refractivity contribution >= 4 is 53.6 Å². The number of aromatic nitrogens is 2. The molecule has 2 amide bonds. The molecular formula is C33H38Cl2N4O3Si. The van der Waals surface area contributed by atoms with Crippen LogP contribution in [0.4, 0.5) is 10.5 Å². The lowest BCUT2D eigenvalue weighted by Crippen LogP contribution is -2.67. The summed E-state index contributed by atoms with van der Waals surface area (Å²) in [6, 6.07) is 27.0. The highest BCUT2D eigenvalue weighted by Gasteiger charge is 2.50. The highest BCUT2D eigenvalue weighted by Crippen LogP contribution is 2.37. The fraction of sp³-hybridized carbons (Fsp3) is 0.303. The number of nitrogens with one attached hydrogen (secondary N) is 1. The number of hydrogen-bond donors (Lipinski definition) is 1. The molecule has 10 heteroatoms. The minimum Gasteiger partial charge on any atom is -0.497 e. The molecule has 0 aliphatic rings. The van der Waals surface area contributed by atoms with Crippen LogP contribution in [0.2, 0.25) is 15.5 Å². The molecular weight excluding hydrogens is 599 g/mol. The molecule has 0 saturated carbocycles. The van der Waals surface area contributed by atoms with Gasteiger partial charge in [0.15, 0.2) is 0 Å². The van der Waals surface area contributed by atoms with E-state index in [-0.39, 0.29) is 27.5 Å². The van der Waals surface area contributed by atoms with Crippen LogP contribution in [0.15, 0.2) is 91.1 Å². The lowest BCUT2D eigenvalue weighted by Gasteiger charge is -2.43. The Bertz CT molecular complexity index is 1460. The highest BCUT2D eigenvalue weighted by atomic mass is 35.5. The second-order valence-corrected chi connectivity index (χ2v) is 16.5. The summed E-state index contributed by atoms with van der Waals surface area (Å²) >= 11 is 12.4. The Balaban J connectivity index is 1.64. The van der Waals surface area contributed by atoms with E-state index >= 15 is 0 Å². The molecule has 226 valence electrons. The Kier molecular flexibility index (Phi) is 10.5. The predicted octanol–water partition coefficient (Wildman–Crippen LogP) is 7.03. The summed E-state index contributed by atoms with van der Waals surface area (Å²) < 4.78 is 12.4. The molecule has 4 aromatic rings. The van der Waals surface area contributed by atoms with Crippen LogP contribution in [-0.4, -0.2) is 44.1 Å². The van der Waals surface area contributed by atoms with E-state index in [9.17, 15) is 4.79 Å². The highest BCUT2D eigenvalue weighted by molar-refractivity contribution is 6.99. The van der Waals surface area contributed by atoms with Gasteiger partial charge in [-0.2, -0.15) is 0 Å². The number of hydrogen-bond acceptors (Lipinski definition) is 5. The van der Waals surface area contributed by atoms with E-state index in [0.29, 0.717) is 23.6 Å². The smallest absolute Gasteiger partial charge is 0.322 e. The van der Waals surface area contributed by atoms with E-state index < -0.39 is 14.4 Å². The molecule has 7 nitrogen and oxygen atoms in total. The summed E-state index contributed by atoms with van der Waals surface area (Å²) in [5.41, 5.74) is 1.21. The van der Waals surface area contributed by atoms with E-state index in [4.69, 9.17) is 32.4 Å². The molecule has 3 aromatic carbocycles. The number of rotatable bonds is 10. The minimum atomic E-state index is -2.78. The van der Waals surface area contributed by atoms with Crippen LogP contribution >= 0.6 is 23.2 Å². The Labute approximate surface area is 265 Å². The Hall–Kier alpha value is -3.43. The van der Waals surface area contributed by atoms with Gasteiger partial charge in [0.1, 0.15) is 10.9 Å². The van der Waals surface area contributed by atoms with Gasteiger partial charge in [0.05, 0.1) is 19.8 Å². The van der Waals surface area contributed by atoms with E-state index in [1.165, 1.54) is 10.4 Å². The zero-order chi connectivity index (χ0) is 31.2. The van der Waals surface area contributed by atoms with Gasteiger partial charge in [0.25, 0.3) is 8.32 Å². The van der Waals surface area contributed by atoms with Crippen LogP contribution in [0.1, 0.15) is 46.2 Å². The molecule has 0 aliphatic heterocycles. The van der Waals surface area contributed by atoms with Gasteiger partial charge < -0.3 is 14.5 Å². The molecule has 0 fully saturated rings. The summed E-state index contributed by atoms with van der Waals surface area (Å²) in [6.45, 7) is 10.8. The average molecular weight is 638 g/mol. The molecule has 4 rings (SSSR count). The fourth-order valence-corrected chi connectivity index (χ4v) is 10.5. The molecule has 1 N–H and O–H groups in total. The van der Waals surface area contributed by atoms with Crippen LogP contribution in [0.25, 0.3) is 0 Å². The molecule has 0 aliphatic carbocycles. The van der Waals surface area contributed by atoms with Gasteiger partial charge >= 0.3 is 6.03 Å². The van der Waals surface area contributed by atoms with Gasteiger partial charge in [-0.3, -0.25) is 4.90 Å². The summed E-state index contributed by atoms with van der Waals surface area (Å²) in [6.07, 6.45) is 1.54. The average Bonchev–Trinajstić information content (AvgIpc) is 2.98. The fourth-order valence-electron chi connectivity index (χ4n) is 5.36. The van der Waals surface area contributed by atoms with Gasteiger partial charge in [-0.25, -0.2) is 14.8 Å². The van der Waals surface area contributed by atoms with Gasteiger partial charge in [-0.15, -0.1) is 0 Å². The van der Waals surface area contributed by atoms with Crippen molar-refractivity contribution in [1.82, 2.24) is 15.3 Å². The van der Waals surface area contributed by atoms with Crippen molar-refractivity contribution in [2.45, 2.75) is 51.7 Å². The standard InChI is InChI=1S/C33H38Cl2N4O3Si/c1-23(22-42-43(33(3,4)5,27-13-9-7-10-14-27)28-15-11-8-12-16-28)37-32(40)39(25-17-19-26(41-6)20-18-25)24(2)29-21-36-31(35)38-30(29)34/h7-21,23-24H,22H2,1-6H3,(H,37,40)/t23-,24-/m1/s1. The lowest BCUT2D eigenvalue weighted by atomic mass is 10.1. The molecule has 0 spiro atoms. The molecule has 0 bridgehead atoms. The predicted molar refractivity (Wildman–Crippen MR) is 178 cm³/mol. The van der Waals surface area contributed by atoms with E-state index in [1.54, 1.807) is 30.3 Å². The second-order valence-electron chi connectivity index (χ2n) is 11.5. The Morgan fingerprint density at radius 1 is 0.930 bits per heavy atom. The number of urea groups is 1. The summed E-state index contributed by atoms with van der Waals surface area (Å²) in [7, 11) is -1.18. The van der Waals surface area contributed by atoms with Crippen molar-refractivity contribution in [3.05, 3.63) is 107 Å².